The quantitative estimate of drug-likeness (QED) is 0.664. The maximum Gasteiger partial charge on any atom is 0.170 e. The van der Waals surface area contributed by atoms with Crippen LogP contribution in [0.3, 0.4) is 0 Å². The Morgan fingerprint density at radius 3 is 2.72 bits per heavy atom. The molecule has 0 bridgehead atoms. The Hall–Kier alpha value is -1.74. The third-order valence-corrected chi connectivity index (χ3v) is 5.68. The lowest BCUT2D eigenvalue weighted by Crippen LogP contribution is -2.41. The number of ketones is 1. The van der Waals surface area contributed by atoms with Crippen LogP contribution in [0.25, 0.3) is 10.8 Å². The summed E-state index contributed by atoms with van der Waals surface area (Å²) < 4.78 is 14.9. The first-order valence-electron chi connectivity index (χ1n) is 9.57. The zero-order chi connectivity index (χ0) is 17.8. The summed E-state index contributed by atoms with van der Waals surface area (Å²) in [6.07, 6.45) is 4.23. The molecule has 0 radical (unpaired) electrons. The highest BCUT2D eigenvalue weighted by Gasteiger charge is 2.29. The van der Waals surface area contributed by atoms with E-state index in [2.05, 4.69) is 18.7 Å². The Balaban J connectivity index is 1.77. The van der Waals surface area contributed by atoms with E-state index in [0.29, 0.717) is 11.3 Å². The minimum atomic E-state index is -0.361. The molecule has 0 saturated carbocycles. The third kappa shape index (κ3) is 3.92. The Kier molecular flexibility index (Phi) is 5.85. The second kappa shape index (κ2) is 8.09. The second-order valence-electron chi connectivity index (χ2n) is 7.29. The fourth-order valence-corrected chi connectivity index (χ4v) is 3.99. The molecule has 1 aliphatic heterocycles. The number of benzene rings is 2. The van der Waals surface area contributed by atoms with Gasteiger partial charge in [-0.25, -0.2) is 4.39 Å². The number of rotatable bonds is 6. The number of hydrogen-bond donors (Lipinski definition) is 0. The fourth-order valence-electron chi connectivity index (χ4n) is 3.99. The molecule has 2 aromatic rings. The van der Waals surface area contributed by atoms with Gasteiger partial charge in [-0.15, -0.1) is 0 Å². The van der Waals surface area contributed by atoms with Crippen molar-refractivity contribution in [1.82, 2.24) is 4.90 Å². The summed E-state index contributed by atoms with van der Waals surface area (Å²) in [7, 11) is 0. The van der Waals surface area contributed by atoms with Gasteiger partial charge in [0.1, 0.15) is 5.82 Å². The van der Waals surface area contributed by atoms with E-state index in [1.165, 1.54) is 12.8 Å². The van der Waals surface area contributed by atoms with Gasteiger partial charge < -0.3 is 4.90 Å². The van der Waals surface area contributed by atoms with Crippen LogP contribution < -0.4 is 0 Å². The van der Waals surface area contributed by atoms with Gasteiger partial charge in [0.25, 0.3) is 0 Å². The van der Waals surface area contributed by atoms with Gasteiger partial charge in [0.05, 0.1) is 5.56 Å². The average Bonchev–Trinajstić information content (AvgIpc) is 2.66. The molecule has 1 heterocycles. The lowest BCUT2D eigenvalue weighted by molar-refractivity contribution is 0.0793. The molecule has 25 heavy (non-hydrogen) atoms. The van der Waals surface area contributed by atoms with Crippen LogP contribution in [0.15, 0.2) is 36.4 Å². The molecule has 3 rings (SSSR count). The molecule has 1 fully saturated rings. The topological polar surface area (TPSA) is 20.3 Å². The Bertz CT molecular complexity index is 738. The van der Waals surface area contributed by atoms with Crippen LogP contribution >= 0.6 is 0 Å². The van der Waals surface area contributed by atoms with E-state index in [0.717, 1.165) is 37.9 Å². The number of nitrogens with zero attached hydrogens (tertiary/aromatic N) is 1. The van der Waals surface area contributed by atoms with E-state index in [9.17, 15) is 9.18 Å². The van der Waals surface area contributed by atoms with Gasteiger partial charge in [-0.2, -0.15) is 0 Å². The highest BCUT2D eigenvalue weighted by molar-refractivity contribution is 6.02. The minimum Gasteiger partial charge on any atom is -0.302 e. The van der Waals surface area contributed by atoms with E-state index < -0.39 is 0 Å². The van der Waals surface area contributed by atoms with Crippen LogP contribution in [0.2, 0.25) is 0 Å². The van der Waals surface area contributed by atoms with Gasteiger partial charge in [-0.05, 0) is 36.8 Å². The second-order valence-corrected chi connectivity index (χ2v) is 7.29. The summed E-state index contributed by atoms with van der Waals surface area (Å²) in [5, 5.41) is 1.38. The van der Waals surface area contributed by atoms with Crippen molar-refractivity contribution in [2.75, 3.05) is 19.6 Å². The molecular formula is C22H28FNO. The summed E-state index contributed by atoms with van der Waals surface area (Å²) in [5.41, 5.74) is 0.257. The average molecular weight is 341 g/mol. The number of halogens is 1. The number of likely N-dealkylation sites (tertiary alicyclic amines) is 1. The van der Waals surface area contributed by atoms with E-state index in [1.54, 1.807) is 12.1 Å². The molecule has 1 saturated heterocycles. The predicted molar refractivity (Wildman–Crippen MR) is 101 cm³/mol. The first kappa shape index (κ1) is 18.1. The largest absolute Gasteiger partial charge is 0.302 e. The van der Waals surface area contributed by atoms with Gasteiger partial charge in [0.2, 0.25) is 0 Å². The molecule has 0 amide bonds. The zero-order valence-electron chi connectivity index (χ0n) is 15.3. The number of carbonyl (C=O) groups excluding carboxylic acids is 1. The zero-order valence-corrected chi connectivity index (χ0v) is 15.3. The molecule has 0 spiro atoms. The predicted octanol–water partition coefficient (Wildman–Crippen LogP) is 5.31. The minimum absolute atomic E-state index is 0.0301. The maximum atomic E-state index is 14.9. The smallest absolute Gasteiger partial charge is 0.170 e. The van der Waals surface area contributed by atoms with E-state index in [1.807, 2.05) is 24.3 Å². The van der Waals surface area contributed by atoms with Crippen molar-refractivity contribution in [3.8, 4) is 0 Å². The molecular weight excluding hydrogens is 313 g/mol. The summed E-state index contributed by atoms with van der Waals surface area (Å²) in [6.45, 7) is 7.33. The molecule has 134 valence electrons. The molecule has 1 atom stereocenters. The van der Waals surface area contributed by atoms with E-state index >= 15 is 0 Å². The van der Waals surface area contributed by atoms with Gasteiger partial charge >= 0.3 is 0 Å². The molecule has 1 unspecified atom stereocenters. The van der Waals surface area contributed by atoms with Crippen molar-refractivity contribution in [2.24, 2.45) is 11.8 Å². The SMILES string of the molecule is CCC(CC)CN1CCCC(C(=O)c2ccc3ccccc3c2F)C1. The van der Waals surface area contributed by atoms with Gasteiger partial charge in [0.15, 0.2) is 5.78 Å². The van der Waals surface area contributed by atoms with Crippen molar-refractivity contribution in [3.63, 3.8) is 0 Å². The molecule has 2 nitrogen and oxygen atoms in total. The monoisotopic (exact) mass is 341 g/mol. The number of fused-ring (bicyclic) bond motifs is 1. The molecule has 0 aliphatic carbocycles. The van der Waals surface area contributed by atoms with Gasteiger partial charge in [-0.3, -0.25) is 4.79 Å². The lowest BCUT2D eigenvalue weighted by atomic mass is 9.88. The number of carbonyl (C=O) groups is 1. The first-order chi connectivity index (χ1) is 12.1. The summed E-state index contributed by atoms with van der Waals surface area (Å²) >= 11 is 0. The van der Waals surface area contributed by atoms with Crippen LogP contribution in [0.4, 0.5) is 4.39 Å². The third-order valence-electron chi connectivity index (χ3n) is 5.68. The molecule has 0 aromatic heterocycles. The molecule has 1 aliphatic rings. The summed E-state index contributed by atoms with van der Waals surface area (Å²) in [4.78, 5) is 15.4. The first-order valence-corrected chi connectivity index (χ1v) is 9.57. The Morgan fingerprint density at radius 1 is 1.20 bits per heavy atom. The van der Waals surface area contributed by atoms with Crippen LogP contribution in [0.5, 0.6) is 0 Å². The van der Waals surface area contributed by atoms with Crippen molar-refractivity contribution >= 4 is 16.6 Å². The standard InChI is InChI=1S/C22H28FNO/c1-3-16(4-2)14-24-13-7-9-18(15-24)22(25)20-12-11-17-8-5-6-10-19(17)21(20)23/h5-6,8,10-12,16,18H,3-4,7,9,13-15H2,1-2H3. The van der Waals surface area contributed by atoms with Crippen molar-refractivity contribution < 1.29 is 9.18 Å². The van der Waals surface area contributed by atoms with Crippen molar-refractivity contribution in [3.05, 3.63) is 47.8 Å². The molecule has 0 N–H and O–H groups in total. The summed E-state index contributed by atoms with van der Waals surface area (Å²) in [6, 6.07) is 10.9. The number of Topliss-reactive ketones (excluding diaryl/α,β-unsaturated/α-hetero) is 1. The Labute approximate surface area is 150 Å². The van der Waals surface area contributed by atoms with Crippen LogP contribution in [0, 0.1) is 17.7 Å². The van der Waals surface area contributed by atoms with Crippen LogP contribution in [-0.4, -0.2) is 30.3 Å². The van der Waals surface area contributed by atoms with E-state index in [4.69, 9.17) is 0 Å². The van der Waals surface area contributed by atoms with Gasteiger partial charge in [-0.1, -0.05) is 57.0 Å². The Morgan fingerprint density at radius 2 is 1.96 bits per heavy atom. The normalized spacial score (nSPS) is 18.8. The number of piperidine rings is 1. The lowest BCUT2D eigenvalue weighted by Gasteiger charge is -2.34. The van der Waals surface area contributed by atoms with Crippen LogP contribution in [-0.2, 0) is 0 Å². The highest BCUT2D eigenvalue weighted by atomic mass is 19.1. The van der Waals surface area contributed by atoms with Crippen LogP contribution in [0.1, 0.15) is 49.9 Å². The highest BCUT2D eigenvalue weighted by Crippen LogP contribution is 2.27. The molecule has 2 aromatic carbocycles. The maximum absolute atomic E-state index is 14.9. The van der Waals surface area contributed by atoms with Crippen molar-refractivity contribution in [1.29, 1.82) is 0 Å². The molecule has 3 heteroatoms. The van der Waals surface area contributed by atoms with E-state index in [-0.39, 0.29) is 23.1 Å². The number of hydrogen-bond acceptors (Lipinski definition) is 2. The fraction of sp³-hybridized carbons (Fsp3) is 0.500. The van der Waals surface area contributed by atoms with Crippen molar-refractivity contribution in [2.45, 2.75) is 39.5 Å². The summed E-state index contributed by atoms with van der Waals surface area (Å²) in [5.74, 6) is 0.211. The van der Waals surface area contributed by atoms with Gasteiger partial charge in [0, 0.05) is 24.4 Å².